The number of alkyl halides is 3. The maximum Gasteiger partial charge on any atom is 0.416 e. The van der Waals surface area contributed by atoms with Crippen LogP contribution in [0.1, 0.15) is 25.0 Å². The van der Waals surface area contributed by atoms with Gasteiger partial charge in [0.15, 0.2) is 0 Å². The fraction of sp³-hybridized carbons (Fsp3) is 0.231. The number of halogens is 3. The molecular weight excluding hydrogens is 273 g/mol. The van der Waals surface area contributed by atoms with Crippen molar-refractivity contribution in [1.82, 2.24) is 5.01 Å². The average molecular weight is 284 g/mol. The van der Waals surface area contributed by atoms with Gasteiger partial charge in [-0.25, -0.2) is 0 Å². The zero-order chi connectivity index (χ0) is 14.9. The van der Waals surface area contributed by atoms with Gasteiger partial charge in [-0.2, -0.15) is 18.2 Å². The molecule has 1 amide bonds. The SMILES string of the molecule is C/C=C1/OC(c2cccc(C(F)(F)F)c2)=NN1C(C)=O. The summed E-state index contributed by atoms with van der Waals surface area (Å²) < 4.78 is 43.2. The number of carbonyl (C=O) groups excluding carboxylic acids is 1. The van der Waals surface area contributed by atoms with Crippen LogP contribution >= 0.6 is 0 Å². The molecule has 0 unspecified atom stereocenters. The summed E-state index contributed by atoms with van der Waals surface area (Å²) in [5.41, 5.74) is -0.646. The first-order valence-corrected chi connectivity index (χ1v) is 5.74. The Labute approximate surface area is 113 Å². The van der Waals surface area contributed by atoms with Gasteiger partial charge >= 0.3 is 6.18 Å². The van der Waals surface area contributed by atoms with Crippen molar-refractivity contribution in [3.05, 3.63) is 47.4 Å². The number of carbonyl (C=O) groups is 1. The summed E-state index contributed by atoms with van der Waals surface area (Å²) in [5, 5.41) is 4.87. The Hall–Kier alpha value is -2.31. The molecule has 0 radical (unpaired) electrons. The maximum atomic E-state index is 12.6. The second kappa shape index (κ2) is 4.99. The quantitative estimate of drug-likeness (QED) is 0.795. The van der Waals surface area contributed by atoms with Crippen LogP contribution in [0.15, 0.2) is 41.3 Å². The van der Waals surface area contributed by atoms with Gasteiger partial charge in [0.2, 0.25) is 17.7 Å². The van der Waals surface area contributed by atoms with Gasteiger partial charge in [-0.15, -0.1) is 5.10 Å². The van der Waals surface area contributed by atoms with Crippen LogP contribution in [0.2, 0.25) is 0 Å². The van der Waals surface area contributed by atoms with Gasteiger partial charge in [0.05, 0.1) is 5.56 Å². The predicted octanol–water partition coefficient (Wildman–Crippen LogP) is 3.11. The molecule has 4 nitrogen and oxygen atoms in total. The molecule has 0 spiro atoms. The van der Waals surface area contributed by atoms with Crippen LogP contribution in [0.4, 0.5) is 13.2 Å². The molecule has 0 saturated carbocycles. The highest BCUT2D eigenvalue weighted by molar-refractivity contribution is 5.97. The first kappa shape index (κ1) is 14.1. The number of benzene rings is 1. The van der Waals surface area contributed by atoms with Gasteiger partial charge in [-0.05, 0) is 31.2 Å². The number of nitrogens with zero attached hydrogens (tertiary/aromatic N) is 2. The fourth-order valence-corrected chi connectivity index (χ4v) is 1.65. The molecule has 0 fully saturated rings. The van der Waals surface area contributed by atoms with Gasteiger partial charge < -0.3 is 4.74 Å². The standard InChI is InChI=1S/C13H11F3N2O2/c1-3-11-18(8(2)19)17-12(20-11)9-5-4-6-10(7-9)13(14,15)16/h3-7H,1-2H3/b11-3+. The Morgan fingerprint density at radius 2 is 2.10 bits per heavy atom. The second-order valence-electron chi connectivity index (χ2n) is 4.04. The zero-order valence-electron chi connectivity index (χ0n) is 10.7. The van der Waals surface area contributed by atoms with Crippen molar-refractivity contribution < 1.29 is 22.7 Å². The number of ether oxygens (including phenoxy) is 1. The van der Waals surface area contributed by atoms with E-state index in [0.717, 1.165) is 17.1 Å². The topological polar surface area (TPSA) is 41.9 Å². The molecule has 20 heavy (non-hydrogen) atoms. The molecule has 1 aliphatic rings. The van der Waals surface area contributed by atoms with Crippen molar-refractivity contribution in [2.24, 2.45) is 5.10 Å². The zero-order valence-corrected chi connectivity index (χ0v) is 10.7. The molecule has 1 aromatic rings. The Morgan fingerprint density at radius 3 is 2.60 bits per heavy atom. The number of hydrazone groups is 1. The van der Waals surface area contributed by atoms with E-state index in [-0.39, 0.29) is 23.3 Å². The Balaban J connectivity index is 2.38. The smallest absolute Gasteiger partial charge is 0.416 e. The molecule has 7 heteroatoms. The predicted molar refractivity (Wildman–Crippen MR) is 65.3 cm³/mol. The second-order valence-corrected chi connectivity index (χ2v) is 4.04. The van der Waals surface area contributed by atoms with E-state index in [1.807, 2.05) is 0 Å². The largest absolute Gasteiger partial charge is 0.419 e. The van der Waals surface area contributed by atoms with Crippen LogP contribution < -0.4 is 0 Å². The fourth-order valence-electron chi connectivity index (χ4n) is 1.65. The van der Waals surface area contributed by atoms with Crippen molar-refractivity contribution in [3.8, 4) is 0 Å². The van der Waals surface area contributed by atoms with E-state index in [2.05, 4.69) is 5.10 Å². The lowest BCUT2D eigenvalue weighted by Crippen LogP contribution is -2.18. The molecule has 2 rings (SSSR count). The first-order chi connectivity index (χ1) is 9.32. The summed E-state index contributed by atoms with van der Waals surface area (Å²) in [6, 6.07) is 4.58. The third kappa shape index (κ3) is 2.66. The molecule has 1 heterocycles. The number of hydrogen-bond donors (Lipinski definition) is 0. The third-order valence-corrected chi connectivity index (χ3v) is 2.58. The highest BCUT2D eigenvalue weighted by atomic mass is 19.4. The van der Waals surface area contributed by atoms with E-state index in [1.54, 1.807) is 6.92 Å². The number of rotatable bonds is 1. The van der Waals surface area contributed by atoms with E-state index in [4.69, 9.17) is 4.74 Å². The Kier molecular flexibility index (Phi) is 3.52. The molecule has 0 aliphatic carbocycles. The van der Waals surface area contributed by atoms with Crippen LogP contribution in [0.5, 0.6) is 0 Å². The summed E-state index contributed by atoms with van der Waals surface area (Å²) in [6.45, 7) is 2.92. The highest BCUT2D eigenvalue weighted by Crippen LogP contribution is 2.30. The summed E-state index contributed by atoms with van der Waals surface area (Å²) in [6.07, 6.45) is -2.94. The van der Waals surface area contributed by atoms with Crippen LogP contribution in [0.25, 0.3) is 0 Å². The van der Waals surface area contributed by atoms with E-state index < -0.39 is 11.7 Å². The van der Waals surface area contributed by atoms with Crippen LogP contribution in [0, 0.1) is 0 Å². The Morgan fingerprint density at radius 1 is 1.40 bits per heavy atom. The average Bonchev–Trinajstić information content (AvgIpc) is 2.82. The van der Waals surface area contributed by atoms with Crippen molar-refractivity contribution in [3.63, 3.8) is 0 Å². The summed E-state index contributed by atoms with van der Waals surface area (Å²) in [4.78, 5) is 11.3. The van der Waals surface area contributed by atoms with Crippen LogP contribution in [0.3, 0.4) is 0 Å². The Bertz CT molecular complexity index is 606. The van der Waals surface area contributed by atoms with Gasteiger partial charge in [0.1, 0.15) is 0 Å². The molecule has 1 aliphatic heterocycles. The van der Waals surface area contributed by atoms with E-state index in [0.29, 0.717) is 0 Å². The maximum absolute atomic E-state index is 12.6. The molecule has 0 saturated heterocycles. The molecular formula is C13H11F3N2O2. The van der Waals surface area contributed by atoms with E-state index in [1.165, 1.54) is 25.1 Å². The highest BCUT2D eigenvalue weighted by Gasteiger charge is 2.32. The van der Waals surface area contributed by atoms with Crippen LogP contribution in [-0.4, -0.2) is 16.8 Å². The van der Waals surface area contributed by atoms with Crippen molar-refractivity contribution >= 4 is 11.8 Å². The van der Waals surface area contributed by atoms with Crippen molar-refractivity contribution in [2.45, 2.75) is 20.0 Å². The number of hydrogen-bond acceptors (Lipinski definition) is 3. The number of allylic oxidation sites excluding steroid dienone is 1. The molecule has 1 aromatic carbocycles. The van der Waals surface area contributed by atoms with Gasteiger partial charge in [-0.1, -0.05) is 6.07 Å². The first-order valence-electron chi connectivity index (χ1n) is 5.74. The van der Waals surface area contributed by atoms with Gasteiger partial charge in [-0.3, -0.25) is 4.79 Å². The minimum atomic E-state index is -4.45. The lowest BCUT2D eigenvalue weighted by atomic mass is 10.1. The molecule has 106 valence electrons. The van der Waals surface area contributed by atoms with Crippen molar-refractivity contribution in [2.75, 3.05) is 0 Å². The van der Waals surface area contributed by atoms with Gasteiger partial charge in [0, 0.05) is 12.5 Å². The van der Waals surface area contributed by atoms with E-state index in [9.17, 15) is 18.0 Å². The lowest BCUT2D eigenvalue weighted by molar-refractivity contribution is -0.137. The summed E-state index contributed by atoms with van der Waals surface area (Å²) >= 11 is 0. The minimum absolute atomic E-state index is 0.0422. The lowest BCUT2D eigenvalue weighted by Gasteiger charge is -2.08. The summed E-state index contributed by atoms with van der Waals surface area (Å²) in [7, 11) is 0. The van der Waals surface area contributed by atoms with Gasteiger partial charge in [0.25, 0.3) is 0 Å². The molecule has 0 aromatic heterocycles. The van der Waals surface area contributed by atoms with E-state index >= 15 is 0 Å². The molecule has 0 bridgehead atoms. The number of amides is 1. The monoisotopic (exact) mass is 284 g/mol. The summed E-state index contributed by atoms with van der Waals surface area (Å²) in [5.74, 6) is -0.260. The normalized spacial score (nSPS) is 17.1. The molecule has 0 atom stereocenters. The van der Waals surface area contributed by atoms with Crippen LogP contribution in [-0.2, 0) is 15.7 Å². The molecule has 0 N–H and O–H groups in total. The minimum Gasteiger partial charge on any atom is -0.419 e. The van der Waals surface area contributed by atoms with Crippen molar-refractivity contribution in [1.29, 1.82) is 0 Å². The third-order valence-electron chi connectivity index (χ3n) is 2.58.